The molecule has 0 fully saturated rings. The minimum absolute atomic E-state index is 0.138. The number of anilines is 2. The second-order valence-electron chi connectivity index (χ2n) is 8.09. The monoisotopic (exact) mass is 486 g/mol. The number of pyridine rings is 1. The number of aromatic nitrogens is 2. The maximum absolute atomic E-state index is 12.3. The first kappa shape index (κ1) is 24.5. The van der Waals surface area contributed by atoms with Crippen LogP contribution in [0.2, 0.25) is 0 Å². The summed E-state index contributed by atoms with van der Waals surface area (Å²) in [5.41, 5.74) is 3.91. The number of aryl methyl sites for hydroxylation is 1. The highest BCUT2D eigenvalue weighted by Gasteiger charge is 2.07. The van der Waals surface area contributed by atoms with Crippen LogP contribution in [0.4, 0.5) is 16.2 Å². The van der Waals surface area contributed by atoms with E-state index in [1.807, 2.05) is 19.1 Å². The van der Waals surface area contributed by atoms with Gasteiger partial charge >= 0.3 is 12.0 Å². The molecule has 0 saturated heterocycles. The first-order valence-electron chi connectivity index (χ1n) is 11.4. The molecule has 0 saturated carbocycles. The smallest absolute Gasteiger partial charge is 0.323 e. The van der Waals surface area contributed by atoms with Crippen LogP contribution in [-0.2, 0) is 22.6 Å². The summed E-state index contributed by atoms with van der Waals surface area (Å²) in [7, 11) is 0. The molecule has 0 bridgehead atoms. The number of nitrogens with one attached hydrogen (secondary N) is 2. The predicted molar refractivity (Wildman–Crippen MR) is 136 cm³/mol. The molecular weight excluding hydrogens is 460 g/mol. The van der Waals surface area contributed by atoms with Crippen molar-refractivity contribution in [3.8, 4) is 5.75 Å². The van der Waals surface area contributed by atoms with Crippen LogP contribution in [0.3, 0.4) is 0 Å². The standard InChI is InChI=1S/C27H26N4O5/c1-3-35-26(33)15-19-4-6-20(7-5-19)29-27(34)30-21-8-10-23(11-9-21)36-17-22-16-25(32)31-13-12-18(2)14-24(31)28-22/h4-14,16H,3,15,17H2,1-2H3,(H2,29,30,34). The molecule has 0 radical (unpaired) electrons. The summed E-state index contributed by atoms with van der Waals surface area (Å²) in [5, 5.41) is 5.50. The fourth-order valence-electron chi connectivity index (χ4n) is 3.50. The van der Waals surface area contributed by atoms with E-state index in [4.69, 9.17) is 9.47 Å². The maximum Gasteiger partial charge on any atom is 0.323 e. The van der Waals surface area contributed by atoms with Gasteiger partial charge in [-0.3, -0.25) is 14.0 Å². The van der Waals surface area contributed by atoms with Crippen molar-refractivity contribution in [2.75, 3.05) is 17.2 Å². The largest absolute Gasteiger partial charge is 0.487 e. The fraction of sp³-hybridized carbons (Fsp3) is 0.185. The van der Waals surface area contributed by atoms with E-state index in [-0.39, 0.29) is 24.6 Å². The molecule has 2 aromatic carbocycles. The van der Waals surface area contributed by atoms with Gasteiger partial charge in [0.15, 0.2) is 0 Å². The molecule has 2 heterocycles. The lowest BCUT2D eigenvalue weighted by Gasteiger charge is -2.10. The number of rotatable bonds is 8. The number of ether oxygens (including phenoxy) is 2. The molecule has 2 N–H and O–H groups in total. The molecule has 9 heteroatoms. The molecule has 0 atom stereocenters. The van der Waals surface area contributed by atoms with Gasteiger partial charge in [-0.25, -0.2) is 9.78 Å². The van der Waals surface area contributed by atoms with Crippen LogP contribution < -0.4 is 20.9 Å². The van der Waals surface area contributed by atoms with E-state index in [1.165, 1.54) is 10.5 Å². The van der Waals surface area contributed by atoms with Gasteiger partial charge in [0.05, 0.1) is 18.7 Å². The van der Waals surface area contributed by atoms with Crippen LogP contribution in [0.1, 0.15) is 23.7 Å². The molecule has 184 valence electrons. The lowest BCUT2D eigenvalue weighted by Crippen LogP contribution is -2.19. The first-order valence-corrected chi connectivity index (χ1v) is 11.4. The lowest BCUT2D eigenvalue weighted by molar-refractivity contribution is -0.142. The molecule has 9 nitrogen and oxygen atoms in total. The molecule has 2 aromatic heterocycles. The molecule has 36 heavy (non-hydrogen) atoms. The summed E-state index contributed by atoms with van der Waals surface area (Å²) in [5.74, 6) is 0.283. The number of urea groups is 1. The summed E-state index contributed by atoms with van der Waals surface area (Å²) < 4.78 is 12.2. The Morgan fingerprint density at radius 2 is 1.61 bits per heavy atom. The number of amides is 2. The Labute approximate surface area is 207 Å². The number of esters is 1. The Kier molecular flexibility index (Phi) is 7.60. The number of benzene rings is 2. The third kappa shape index (κ3) is 6.47. The van der Waals surface area contributed by atoms with Crippen LogP contribution in [0.15, 0.2) is 77.7 Å². The Morgan fingerprint density at radius 1 is 0.944 bits per heavy atom. The average molecular weight is 487 g/mol. The van der Waals surface area contributed by atoms with E-state index in [9.17, 15) is 14.4 Å². The van der Waals surface area contributed by atoms with E-state index in [1.54, 1.807) is 61.7 Å². The van der Waals surface area contributed by atoms with Crippen molar-refractivity contribution in [1.82, 2.24) is 9.38 Å². The van der Waals surface area contributed by atoms with Gasteiger partial charge in [-0.05, 0) is 73.5 Å². The Hall–Kier alpha value is -4.66. The number of nitrogens with zero attached hydrogens (tertiary/aromatic N) is 2. The summed E-state index contributed by atoms with van der Waals surface area (Å²) in [6.07, 6.45) is 1.89. The average Bonchev–Trinajstić information content (AvgIpc) is 2.84. The minimum atomic E-state index is -0.405. The zero-order chi connectivity index (χ0) is 25.5. The number of hydrogen-bond donors (Lipinski definition) is 2. The zero-order valence-electron chi connectivity index (χ0n) is 20.0. The van der Waals surface area contributed by atoms with Gasteiger partial charge in [0, 0.05) is 23.6 Å². The van der Waals surface area contributed by atoms with Gasteiger partial charge in [0.1, 0.15) is 18.0 Å². The summed E-state index contributed by atoms with van der Waals surface area (Å²) in [6.45, 7) is 4.18. The van der Waals surface area contributed by atoms with Crippen LogP contribution >= 0.6 is 0 Å². The normalized spacial score (nSPS) is 10.6. The van der Waals surface area contributed by atoms with Crippen molar-refractivity contribution >= 4 is 29.0 Å². The number of fused-ring (bicyclic) bond motifs is 1. The Balaban J connectivity index is 1.29. The molecule has 0 aliphatic rings. The molecule has 4 rings (SSSR count). The summed E-state index contributed by atoms with van der Waals surface area (Å²) in [6, 6.07) is 18.6. The first-order chi connectivity index (χ1) is 17.4. The highest BCUT2D eigenvalue weighted by Crippen LogP contribution is 2.18. The van der Waals surface area contributed by atoms with Crippen molar-refractivity contribution in [1.29, 1.82) is 0 Å². The molecule has 2 amide bonds. The van der Waals surface area contributed by atoms with Gasteiger partial charge in [0.25, 0.3) is 5.56 Å². The van der Waals surface area contributed by atoms with E-state index < -0.39 is 6.03 Å². The molecule has 4 aromatic rings. The van der Waals surface area contributed by atoms with Crippen molar-refractivity contribution in [3.63, 3.8) is 0 Å². The quantitative estimate of drug-likeness (QED) is 0.359. The topological polar surface area (TPSA) is 111 Å². The van der Waals surface area contributed by atoms with Gasteiger partial charge in [0.2, 0.25) is 0 Å². The van der Waals surface area contributed by atoms with E-state index >= 15 is 0 Å². The predicted octanol–water partition coefficient (Wildman–Crippen LogP) is 4.33. The van der Waals surface area contributed by atoms with Gasteiger partial charge in [-0.15, -0.1) is 0 Å². The third-order valence-corrected chi connectivity index (χ3v) is 5.24. The number of hydrogen-bond acceptors (Lipinski definition) is 6. The van der Waals surface area contributed by atoms with Crippen molar-refractivity contribution in [2.24, 2.45) is 0 Å². The molecule has 0 spiro atoms. The van der Waals surface area contributed by atoms with Crippen LogP contribution in [-0.4, -0.2) is 28.0 Å². The molecule has 0 aliphatic heterocycles. The van der Waals surface area contributed by atoms with Gasteiger partial charge in [-0.2, -0.15) is 0 Å². The highest BCUT2D eigenvalue weighted by molar-refractivity contribution is 5.99. The Morgan fingerprint density at radius 3 is 2.28 bits per heavy atom. The van der Waals surface area contributed by atoms with E-state index in [0.717, 1.165) is 11.1 Å². The second kappa shape index (κ2) is 11.2. The van der Waals surface area contributed by atoms with Gasteiger partial charge in [-0.1, -0.05) is 12.1 Å². The molecular formula is C27H26N4O5. The zero-order valence-corrected chi connectivity index (χ0v) is 20.0. The SMILES string of the molecule is CCOC(=O)Cc1ccc(NC(=O)Nc2ccc(OCc3cc(=O)n4ccc(C)cc4n3)cc2)cc1. The van der Waals surface area contributed by atoms with Gasteiger partial charge < -0.3 is 20.1 Å². The minimum Gasteiger partial charge on any atom is -0.487 e. The Bertz CT molecular complexity index is 1430. The van der Waals surface area contributed by atoms with Crippen molar-refractivity contribution in [3.05, 3.63) is 100 Å². The fourth-order valence-corrected chi connectivity index (χ4v) is 3.50. The van der Waals surface area contributed by atoms with Crippen LogP contribution in [0.5, 0.6) is 5.75 Å². The van der Waals surface area contributed by atoms with E-state index in [0.29, 0.717) is 35.1 Å². The number of carbonyl (C=O) groups is 2. The third-order valence-electron chi connectivity index (χ3n) is 5.24. The lowest BCUT2D eigenvalue weighted by atomic mass is 10.1. The molecule has 0 unspecified atom stereocenters. The van der Waals surface area contributed by atoms with Crippen molar-refractivity contribution in [2.45, 2.75) is 26.9 Å². The number of carbonyl (C=O) groups excluding carboxylic acids is 2. The molecule has 0 aliphatic carbocycles. The summed E-state index contributed by atoms with van der Waals surface area (Å²) >= 11 is 0. The summed E-state index contributed by atoms with van der Waals surface area (Å²) in [4.78, 5) is 40.7. The highest BCUT2D eigenvalue weighted by atomic mass is 16.5. The second-order valence-corrected chi connectivity index (χ2v) is 8.09. The van der Waals surface area contributed by atoms with Crippen LogP contribution in [0, 0.1) is 6.92 Å². The maximum atomic E-state index is 12.3. The van der Waals surface area contributed by atoms with Crippen LogP contribution in [0.25, 0.3) is 5.65 Å². The van der Waals surface area contributed by atoms with E-state index in [2.05, 4.69) is 15.6 Å². The van der Waals surface area contributed by atoms with Crippen molar-refractivity contribution < 1.29 is 19.1 Å².